The zero-order chi connectivity index (χ0) is 26.9. The molecule has 4 rings (SSSR count). The van der Waals surface area contributed by atoms with Crippen molar-refractivity contribution in [1.29, 1.82) is 0 Å². The lowest BCUT2D eigenvalue weighted by Crippen LogP contribution is -2.53. The molecule has 3 heterocycles. The van der Waals surface area contributed by atoms with Crippen LogP contribution in [0.2, 0.25) is 0 Å². The molecule has 2 unspecified atom stereocenters. The van der Waals surface area contributed by atoms with Gasteiger partial charge in [-0.25, -0.2) is 8.42 Å². The predicted molar refractivity (Wildman–Crippen MR) is 143 cm³/mol. The zero-order valence-electron chi connectivity index (χ0n) is 21.7. The van der Waals surface area contributed by atoms with Crippen molar-refractivity contribution < 1.29 is 23.4 Å². The molecule has 0 radical (unpaired) electrons. The van der Waals surface area contributed by atoms with E-state index in [4.69, 9.17) is 0 Å². The number of carbonyl (C=O) groups is 1. The van der Waals surface area contributed by atoms with Gasteiger partial charge >= 0.3 is 0 Å². The predicted octanol–water partition coefficient (Wildman–Crippen LogP) is 1.01. The fourth-order valence-corrected chi connectivity index (χ4v) is 6.36. The van der Waals surface area contributed by atoms with Crippen molar-refractivity contribution in [3.8, 4) is 5.75 Å². The number of piperidine rings is 1. The fourth-order valence-electron chi connectivity index (χ4n) is 5.85. The average molecular weight is 535 g/mol. The van der Waals surface area contributed by atoms with Gasteiger partial charge in [-0.15, -0.1) is 0 Å². The molecule has 10 nitrogen and oxygen atoms in total. The van der Waals surface area contributed by atoms with E-state index in [1.54, 1.807) is 28.8 Å². The Hall–Kier alpha value is -2.47. The summed E-state index contributed by atoms with van der Waals surface area (Å²) in [6.45, 7) is 4.84. The summed E-state index contributed by atoms with van der Waals surface area (Å²) in [6.07, 6.45) is 3.89. The van der Waals surface area contributed by atoms with Crippen LogP contribution < -0.4 is 16.2 Å². The maximum atomic E-state index is 13.3. The standard InChI is InChI=1S/C26H38N4O6S/c1-16(2)30-22-7-5-4-6-21(22)24(32)23(26(30)34)25(33)28-17-12-18-8-9-19(13-17)29(18)15-20(31)14-27-10-11-37(3,35)36/h4-7,16-20,27,31-32H,8-15H2,1-3H3,(H,28,33)/t17?,18-,19+,20?. The number of aliphatic hydroxyl groups is 1. The van der Waals surface area contributed by atoms with E-state index in [2.05, 4.69) is 15.5 Å². The minimum Gasteiger partial charge on any atom is -0.506 e. The number of benzene rings is 1. The molecule has 2 aliphatic heterocycles. The van der Waals surface area contributed by atoms with E-state index in [1.807, 2.05) is 13.8 Å². The molecule has 2 aliphatic rings. The number of rotatable bonds is 10. The molecule has 2 aromatic rings. The van der Waals surface area contributed by atoms with Gasteiger partial charge in [0.05, 0.1) is 17.4 Å². The van der Waals surface area contributed by atoms with Crippen molar-refractivity contribution in [3.63, 3.8) is 0 Å². The van der Waals surface area contributed by atoms with Gasteiger partial charge in [0.25, 0.3) is 11.5 Å². The van der Waals surface area contributed by atoms with Crippen LogP contribution in [0.1, 0.15) is 55.9 Å². The third kappa shape index (κ3) is 6.17. The largest absolute Gasteiger partial charge is 0.506 e. The Labute approximate surface area is 217 Å². The maximum absolute atomic E-state index is 13.3. The van der Waals surface area contributed by atoms with Crippen LogP contribution in [0.4, 0.5) is 0 Å². The number of carbonyl (C=O) groups excluding carboxylic acids is 1. The van der Waals surface area contributed by atoms with Gasteiger partial charge in [-0.3, -0.25) is 14.5 Å². The summed E-state index contributed by atoms with van der Waals surface area (Å²) < 4.78 is 24.0. The van der Waals surface area contributed by atoms with E-state index in [1.165, 1.54) is 6.26 Å². The highest BCUT2D eigenvalue weighted by molar-refractivity contribution is 7.90. The first-order valence-electron chi connectivity index (χ1n) is 13.0. The fraction of sp³-hybridized carbons (Fsp3) is 0.615. The normalized spacial score (nSPS) is 23.0. The summed E-state index contributed by atoms with van der Waals surface area (Å²) in [5.41, 5.74) is -0.138. The number of sulfone groups is 1. The van der Waals surface area contributed by atoms with E-state index in [0.29, 0.717) is 43.4 Å². The lowest BCUT2D eigenvalue weighted by Gasteiger charge is -2.40. The molecule has 4 N–H and O–H groups in total. The molecule has 4 atom stereocenters. The Morgan fingerprint density at radius 3 is 2.43 bits per heavy atom. The van der Waals surface area contributed by atoms with Crippen LogP contribution in [0.25, 0.3) is 10.9 Å². The number of pyridine rings is 1. The highest BCUT2D eigenvalue weighted by Crippen LogP contribution is 2.36. The summed E-state index contributed by atoms with van der Waals surface area (Å²) in [5.74, 6) is -0.817. The van der Waals surface area contributed by atoms with Crippen LogP contribution >= 0.6 is 0 Å². The third-order valence-corrected chi connectivity index (χ3v) is 8.45. The average Bonchev–Trinajstić information content (AvgIpc) is 3.03. The van der Waals surface area contributed by atoms with Gasteiger partial charge in [0, 0.05) is 55.4 Å². The monoisotopic (exact) mass is 534 g/mol. The van der Waals surface area contributed by atoms with E-state index in [0.717, 1.165) is 12.8 Å². The first kappa shape index (κ1) is 27.6. The SMILES string of the molecule is CC(C)n1c(=O)c(C(=O)NC2C[C@H]3CC[C@@H](C2)N3CC(O)CNCCS(C)(=O)=O)c(O)c2ccccc21. The Kier molecular flexibility index (Phi) is 8.27. The molecule has 0 spiro atoms. The number of para-hydroxylation sites is 1. The van der Waals surface area contributed by atoms with E-state index in [-0.39, 0.29) is 41.2 Å². The van der Waals surface area contributed by atoms with Gasteiger partial charge < -0.3 is 25.4 Å². The summed E-state index contributed by atoms with van der Waals surface area (Å²) in [6, 6.07) is 7.12. The Balaban J connectivity index is 1.41. The lowest BCUT2D eigenvalue weighted by atomic mass is 9.96. The summed E-state index contributed by atoms with van der Waals surface area (Å²) >= 11 is 0. The molecule has 37 heavy (non-hydrogen) atoms. The van der Waals surface area contributed by atoms with E-state index >= 15 is 0 Å². The summed E-state index contributed by atoms with van der Waals surface area (Å²) in [4.78, 5) is 28.8. The van der Waals surface area contributed by atoms with E-state index < -0.39 is 27.4 Å². The summed E-state index contributed by atoms with van der Waals surface area (Å²) in [5, 5.41) is 27.8. The minimum absolute atomic E-state index is 0.0328. The number of nitrogens with one attached hydrogen (secondary N) is 2. The second-order valence-electron chi connectivity index (χ2n) is 10.7. The highest BCUT2D eigenvalue weighted by atomic mass is 32.2. The number of nitrogens with zero attached hydrogens (tertiary/aromatic N) is 2. The van der Waals surface area contributed by atoms with Crippen LogP contribution in [-0.2, 0) is 9.84 Å². The number of hydrogen-bond donors (Lipinski definition) is 4. The number of aliphatic hydroxyl groups excluding tert-OH is 1. The molecule has 1 aromatic heterocycles. The van der Waals surface area contributed by atoms with Crippen LogP contribution in [-0.4, -0.2) is 89.9 Å². The Bertz CT molecular complexity index is 1290. The van der Waals surface area contributed by atoms with Gasteiger partial charge in [0.2, 0.25) is 0 Å². The highest BCUT2D eigenvalue weighted by Gasteiger charge is 2.42. The lowest BCUT2D eigenvalue weighted by molar-refractivity contribution is 0.0506. The molecule has 1 aromatic carbocycles. The first-order chi connectivity index (χ1) is 17.5. The topological polar surface area (TPSA) is 141 Å². The Morgan fingerprint density at radius 2 is 1.81 bits per heavy atom. The number of aromatic hydroxyl groups is 1. The van der Waals surface area contributed by atoms with Crippen LogP contribution in [0.3, 0.4) is 0 Å². The smallest absolute Gasteiger partial charge is 0.267 e. The maximum Gasteiger partial charge on any atom is 0.267 e. The molecule has 2 saturated heterocycles. The van der Waals surface area contributed by atoms with Crippen molar-refractivity contribution >= 4 is 26.6 Å². The van der Waals surface area contributed by atoms with Gasteiger partial charge in [-0.1, -0.05) is 12.1 Å². The second-order valence-corrected chi connectivity index (χ2v) is 13.0. The molecular weight excluding hydrogens is 496 g/mol. The van der Waals surface area contributed by atoms with Gasteiger partial charge in [-0.05, 0) is 51.7 Å². The quantitative estimate of drug-likeness (QED) is 0.331. The number of amides is 1. The Morgan fingerprint density at radius 1 is 1.16 bits per heavy atom. The van der Waals surface area contributed by atoms with Crippen molar-refractivity contribution in [2.24, 2.45) is 0 Å². The zero-order valence-corrected chi connectivity index (χ0v) is 22.5. The van der Waals surface area contributed by atoms with Crippen LogP contribution in [0.5, 0.6) is 5.75 Å². The van der Waals surface area contributed by atoms with E-state index in [9.17, 15) is 28.2 Å². The van der Waals surface area contributed by atoms with Crippen molar-refractivity contribution in [2.75, 3.05) is 31.6 Å². The summed E-state index contributed by atoms with van der Waals surface area (Å²) in [7, 11) is -3.04. The molecule has 1 amide bonds. The van der Waals surface area contributed by atoms with Crippen molar-refractivity contribution in [2.45, 2.75) is 69.8 Å². The van der Waals surface area contributed by atoms with Gasteiger partial charge in [0.15, 0.2) is 0 Å². The van der Waals surface area contributed by atoms with Crippen molar-refractivity contribution in [3.05, 3.63) is 40.2 Å². The van der Waals surface area contributed by atoms with Crippen molar-refractivity contribution in [1.82, 2.24) is 20.1 Å². The molecule has 0 aliphatic carbocycles. The van der Waals surface area contributed by atoms with Gasteiger partial charge in [0.1, 0.15) is 21.2 Å². The van der Waals surface area contributed by atoms with Gasteiger partial charge in [-0.2, -0.15) is 0 Å². The van der Waals surface area contributed by atoms with Crippen LogP contribution in [0.15, 0.2) is 29.1 Å². The van der Waals surface area contributed by atoms with Crippen LogP contribution in [0, 0.1) is 0 Å². The number of aromatic nitrogens is 1. The number of fused-ring (bicyclic) bond motifs is 3. The molecule has 204 valence electrons. The molecule has 2 fully saturated rings. The molecule has 0 saturated carbocycles. The first-order valence-corrected chi connectivity index (χ1v) is 15.0. The minimum atomic E-state index is -3.04. The molecular formula is C26H38N4O6S. The molecule has 2 bridgehead atoms. The number of hydrogen-bond acceptors (Lipinski definition) is 8. The second kappa shape index (κ2) is 11.1. The third-order valence-electron chi connectivity index (χ3n) is 7.50. The molecule has 11 heteroatoms.